The van der Waals surface area contributed by atoms with Crippen molar-refractivity contribution in [2.24, 2.45) is 5.41 Å². The zero-order valence-corrected chi connectivity index (χ0v) is 35.5. The first-order chi connectivity index (χ1) is 24.1. The van der Waals surface area contributed by atoms with Crippen molar-refractivity contribution in [3.8, 4) is 0 Å². The number of fused-ring (bicyclic) bond motifs is 8. The van der Waals surface area contributed by atoms with Gasteiger partial charge in [0, 0.05) is 44.0 Å². The number of rotatable bonds is 1. The molecule has 9 rings (SSSR count). The first-order valence-electron chi connectivity index (χ1n) is 20.7. The molecular weight excluding hydrogens is 647 g/mol. The summed E-state index contributed by atoms with van der Waals surface area (Å²) in [6, 6.07) is 20.4. The van der Waals surface area contributed by atoms with Gasteiger partial charge in [-0.25, -0.2) is 0 Å². The van der Waals surface area contributed by atoms with Gasteiger partial charge in [-0.05, 0) is 118 Å². The predicted octanol–water partition coefficient (Wildman–Crippen LogP) is 12.2. The van der Waals surface area contributed by atoms with Crippen molar-refractivity contribution in [1.29, 1.82) is 0 Å². The highest BCUT2D eigenvalue weighted by molar-refractivity contribution is 8.06. The van der Waals surface area contributed by atoms with Crippen molar-refractivity contribution in [2.45, 2.75) is 173 Å². The first-order valence-corrected chi connectivity index (χ1v) is 21.5. The maximum Gasteiger partial charge on any atom is 0.259 e. The van der Waals surface area contributed by atoms with Crippen LogP contribution in [0.1, 0.15) is 164 Å². The van der Waals surface area contributed by atoms with E-state index >= 15 is 0 Å². The lowest BCUT2D eigenvalue weighted by Gasteiger charge is -2.53. The molecule has 4 heteroatoms. The Labute approximate surface area is 320 Å². The van der Waals surface area contributed by atoms with Crippen LogP contribution in [0.3, 0.4) is 0 Å². The molecule has 0 bridgehead atoms. The Hall–Kier alpha value is -2.59. The molecule has 0 spiro atoms. The van der Waals surface area contributed by atoms with Gasteiger partial charge >= 0.3 is 0 Å². The molecule has 3 aromatic rings. The second-order valence-corrected chi connectivity index (χ2v) is 23.2. The fraction of sp³-hybridized carbons (Fsp3) is 0.583. The molecule has 0 amide bonds. The number of allylic oxidation sites excluding steroid dienone is 1. The van der Waals surface area contributed by atoms with E-state index in [4.69, 9.17) is 0 Å². The van der Waals surface area contributed by atoms with Gasteiger partial charge in [-0.15, -0.1) is 11.8 Å². The van der Waals surface area contributed by atoms with E-state index in [1.807, 2.05) is 0 Å². The van der Waals surface area contributed by atoms with Crippen LogP contribution >= 0.6 is 11.8 Å². The fourth-order valence-corrected chi connectivity index (χ4v) is 13.6. The Morgan fingerprint density at radius 3 is 1.81 bits per heavy atom. The summed E-state index contributed by atoms with van der Waals surface area (Å²) in [4.78, 5) is 7.40. The minimum atomic E-state index is 0.0147. The molecule has 2 fully saturated rings. The van der Waals surface area contributed by atoms with Crippen LogP contribution in [0.25, 0.3) is 0 Å². The molecule has 4 atom stereocenters. The molecule has 2 nitrogen and oxygen atoms in total. The molecule has 274 valence electrons. The Bertz CT molecular complexity index is 2060. The minimum Gasteiger partial charge on any atom is -0.335 e. The summed E-state index contributed by atoms with van der Waals surface area (Å²) in [7, 11) is 0. The highest BCUT2D eigenvalue weighted by Crippen LogP contribution is 2.69. The highest BCUT2D eigenvalue weighted by atomic mass is 32.2. The van der Waals surface area contributed by atoms with E-state index in [-0.39, 0.29) is 44.1 Å². The van der Waals surface area contributed by atoms with E-state index < -0.39 is 0 Å². The van der Waals surface area contributed by atoms with Crippen molar-refractivity contribution in [2.75, 3.05) is 9.80 Å². The van der Waals surface area contributed by atoms with Gasteiger partial charge in [-0.3, -0.25) is 0 Å². The largest absolute Gasteiger partial charge is 0.335 e. The molecule has 2 saturated carbocycles. The van der Waals surface area contributed by atoms with Crippen LogP contribution in [0.5, 0.6) is 0 Å². The topological polar surface area (TPSA) is 6.48 Å². The van der Waals surface area contributed by atoms with Crippen molar-refractivity contribution < 1.29 is 0 Å². The van der Waals surface area contributed by atoms with Crippen molar-refractivity contribution in [1.82, 2.24) is 0 Å². The van der Waals surface area contributed by atoms with Gasteiger partial charge in [0.2, 0.25) is 0 Å². The summed E-state index contributed by atoms with van der Waals surface area (Å²) in [5, 5.41) is 0. The number of thioether (sulfide) groups is 1. The summed E-state index contributed by atoms with van der Waals surface area (Å²) >= 11 is 2.28. The Morgan fingerprint density at radius 1 is 0.615 bits per heavy atom. The third kappa shape index (κ3) is 4.40. The van der Waals surface area contributed by atoms with Gasteiger partial charge in [-0.2, -0.15) is 0 Å². The summed E-state index contributed by atoms with van der Waals surface area (Å²) in [6.07, 6.45) is 10.3. The minimum absolute atomic E-state index is 0.0147. The maximum atomic E-state index is 2.94. The van der Waals surface area contributed by atoms with Gasteiger partial charge in [-0.1, -0.05) is 126 Å². The summed E-state index contributed by atoms with van der Waals surface area (Å²) < 4.78 is 0.169. The molecule has 2 aliphatic carbocycles. The van der Waals surface area contributed by atoms with Crippen LogP contribution in [-0.2, 0) is 21.7 Å². The summed E-state index contributed by atoms with van der Waals surface area (Å²) in [6.45, 7) is 32.4. The molecule has 0 saturated heterocycles. The standard InChI is InChI=1S/C48H63BN2S/c1-42(2,3)30-18-20-33(21-19-30)50-36-28-32(44(7,8)9)29-37-38(36)49(41-40(50)46(11)23-15-17-25-48(46,13)52-41)35-27-31(43(4,5)6)26-34-39(35)51(37)47(12)24-16-14-22-45(34,47)10/h18-21,26-29H,14-17,22-25H2,1-13H3. The number of hydrogen-bond acceptors (Lipinski definition) is 3. The van der Waals surface area contributed by atoms with E-state index in [0.29, 0.717) is 0 Å². The Morgan fingerprint density at radius 2 is 1.17 bits per heavy atom. The summed E-state index contributed by atoms with van der Waals surface area (Å²) in [5.41, 5.74) is 17.0. The molecule has 0 aromatic heterocycles. The molecule has 52 heavy (non-hydrogen) atoms. The van der Waals surface area contributed by atoms with Gasteiger partial charge in [0.1, 0.15) is 0 Å². The van der Waals surface area contributed by atoms with Crippen LogP contribution in [0.15, 0.2) is 59.0 Å². The van der Waals surface area contributed by atoms with Gasteiger partial charge in [0.15, 0.2) is 0 Å². The molecule has 6 aliphatic rings. The lowest BCUT2D eigenvalue weighted by atomic mass is 9.35. The molecular formula is C48H63BN2S. The maximum absolute atomic E-state index is 2.94. The second-order valence-electron chi connectivity index (χ2n) is 21.7. The third-order valence-electron chi connectivity index (χ3n) is 15.5. The van der Waals surface area contributed by atoms with Gasteiger partial charge in [0.25, 0.3) is 6.71 Å². The lowest BCUT2D eigenvalue weighted by Crippen LogP contribution is -2.61. The molecule has 4 unspecified atom stereocenters. The SMILES string of the molecule is CC(C)(C)c1ccc(N2C3=C(SC4(C)CCCCC34C)B3c4cc(C(C)(C)C)cc5c4N(c4cc(C(C)(C)C)cc2c43)C2(C)CCCCC52C)cc1. The third-order valence-corrected chi connectivity index (χ3v) is 17.3. The van der Waals surface area contributed by atoms with Gasteiger partial charge in [0.05, 0.1) is 5.54 Å². The van der Waals surface area contributed by atoms with Crippen LogP contribution in [0.4, 0.5) is 22.7 Å². The number of benzene rings is 3. The fourth-order valence-electron chi connectivity index (χ4n) is 11.7. The van der Waals surface area contributed by atoms with Crippen molar-refractivity contribution in [3.05, 3.63) is 81.3 Å². The van der Waals surface area contributed by atoms with E-state index in [1.54, 1.807) is 32.7 Å². The number of anilines is 4. The Balaban J connectivity index is 1.43. The van der Waals surface area contributed by atoms with Crippen LogP contribution in [-0.4, -0.2) is 17.0 Å². The monoisotopic (exact) mass is 710 g/mol. The first kappa shape index (κ1) is 35.1. The average molecular weight is 711 g/mol. The summed E-state index contributed by atoms with van der Waals surface area (Å²) in [5.74, 6) is 0. The van der Waals surface area contributed by atoms with Crippen molar-refractivity contribution in [3.63, 3.8) is 0 Å². The van der Waals surface area contributed by atoms with E-state index in [0.717, 1.165) is 0 Å². The molecule has 4 heterocycles. The normalized spacial score (nSPS) is 30.6. The molecule has 0 N–H and O–H groups in total. The smallest absolute Gasteiger partial charge is 0.259 e. The van der Waals surface area contributed by atoms with E-state index in [1.165, 1.54) is 85.1 Å². The van der Waals surface area contributed by atoms with Gasteiger partial charge < -0.3 is 9.80 Å². The molecule has 3 aromatic carbocycles. The van der Waals surface area contributed by atoms with Crippen LogP contribution < -0.4 is 20.7 Å². The number of nitrogens with zero attached hydrogens (tertiary/aromatic N) is 2. The quantitative estimate of drug-likeness (QED) is 0.232. The highest BCUT2D eigenvalue weighted by Gasteiger charge is 2.65. The van der Waals surface area contributed by atoms with E-state index in [9.17, 15) is 0 Å². The Kier molecular flexibility index (Phi) is 7.15. The zero-order chi connectivity index (χ0) is 37.2. The molecule has 4 aliphatic heterocycles. The van der Waals surface area contributed by atoms with E-state index in [2.05, 4.69) is 160 Å². The second kappa shape index (κ2) is 10.6. The van der Waals surface area contributed by atoms with Crippen molar-refractivity contribution >= 4 is 52.1 Å². The number of hydrogen-bond donors (Lipinski definition) is 0. The molecule has 0 radical (unpaired) electrons. The predicted molar refractivity (Wildman–Crippen MR) is 229 cm³/mol. The zero-order valence-electron chi connectivity index (χ0n) is 34.7. The average Bonchev–Trinajstić information content (AvgIpc) is 3.43. The van der Waals surface area contributed by atoms with Crippen LogP contribution in [0.2, 0.25) is 0 Å². The lowest BCUT2D eigenvalue weighted by molar-refractivity contribution is 0.195. The van der Waals surface area contributed by atoms with Crippen LogP contribution in [0, 0.1) is 5.41 Å².